The quantitative estimate of drug-likeness (QED) is 0.750. The van der Waals surface area contributed by atoms with Gasteiger partial charge < -0.3 is 10.1 Å². The van der Waals surface area contributed by atoms with Gasteiger partial charge >= 0.3 is 6.09 Å². The molecule has 0 aliphatic heterocycles. The summed E-state index contributed by atoms with van der Waals surface area (Å²) in [5.41, 5.74) is 0.226. The fraction of sp³-hybridized carbons (Fsp3) is 0.667. The van der Waals surface area contributed by atoms with E-state index in [1.165, 1.54) is 0 Å². The number of hydrogen-bond donors (Lipinski definition) is 1. The molecule has 0 bridgehead atoms. The number of rotatable bonds is 4. The first-order chi connectivity index (χ1) is 7.11. The number of nitrogens with one attached hydrogen (secondary N) is 1. The summed E-state index contributed by atoms with van der Waals surface area (Å²) in [5.74, 6) is -0.0710. The summed E-state index contributed by atoms with van der Waals surface area (Å²) in [4.78, 5) is 22.9. The van der Waals surface area contributed by atoms with Gasteiger partial charge in [-0.2, -0.15) is 0 Å². The Kier molecular flexibility index (Phi) is 5.21. The standard InChI is InChI=1S/C12H21NO3/c1-8(2)7-10(14)9(3)13-11(15)16-12(4,5)6/h9H,1,7H2,2-6H3,(H,13,15)/t9-/m0/s1. The second-order valence-corrected chi connectivity index (χ2v) is 4.97. The highest BCUT2D eigenvalue weighted by molar-refractivity contribution is 5.88. The van der Waals surface area contributed by atoms with Gasteiger partial charge in [0.1, 0.15) is 5.60 Å². The van der Waals surface area contributed by atoms with Crippen LogP contribution in [0.3, 0.4) is 0 Å². The van der Waals surface area contributed by atoms with Crippen molar-refractivity contribution in [3.8, 4) is 0 Å². The van der Waals surface area contributed by atoms with E-state index < -0.39 is 17.7 Å². The van der Waals surface area contributed by atoms with Gasteiger partial charge in [0.15, 0.2) is 5.78 Å². The third-order valence-electron chi connectivity index (χ3n) is 1.69. The van der Waals surface area contributed by atoms with Gasteiger partial charge in [-0.3, -0.25) is 4.79 Å². The molecule has 0 unspecified atom stereocenters. The molecule has 0 aliphatic carbocycles. The Morgan fingerprint density at radius 2 is 1.88 bits per heavy atom. The largest absolute Gasteiger partial charge is 0.444 e. The second kappa shape index (κ2) is 5.68. The maximum Gasteiger partial charge on any atom is 0.408 e. The van der Waals surface area contributed by atoms with Crippen LogP contribution in [0.1, 0.15) is 41.0 Å². The highest BCUT2D eigenvalue weighted by Gasteiger charge is 2.20. The molecular formula is C12H21NO3. The molecule has 0 saturated carbocycles. The van der Waals surface area contributed by atoms with E-state index in [1.807, 2.05) is 0 Å². The van der Waals surface area contributed by atoms with Gasteiger partial charge in [0.25, 0.3) is 0 Å². The lowest BCUT2D eigenvalue weighted by Gasteiger charge is -2.21. The zero-order chi connectivity index (χ0) is 12.9. The van der Waals surface area contributed by atoms with E-state index in [2.05, 4.69) is 11.9 Å². The molecule has 0 fully saturated rings. The summed E-state index contributed by atoms with van der Waals surface area (Å²) < 4.78 is 5.04. The first-order valence-electron chi connectivity index (χ1n) is 5.28. The number of alkyl carbamates (subject to hydrolysis) is 1. The molecule has 4 nitrogen and oxygen atoms in total. The highest BCUT2D eigenvalue weighted by atomic mass is 16.6. The molecule has 92 valence electrons. The minimum absolute atomic E-state index is 0.0710. The maximum atomic E-state index is 11.5. The molecule has 0 radical (unpaired) electrons. The van der Waals surface area contributed by atoms with Crippen LogP contribution < -0.4 is 5.32 Å². The van der Waals surface area contributed by atoms with Gasteiger partial charge in [-0.15, -0.1) is 0 Å². The molecule has 0 aromatic rings. The Hall–Kier alpha value is -1.32. The third kappa shape index (κ3) is 7.04. The van der Waals surface area contributed by atoms with Crippen molar-refractivity contribution in [2.24, 2.45) is 0 Å². The van der Waals surface area contributed by atoms with Crippen molar-refractivity contribution in [2.45, 2.75) is 52.7 Å². The molecule has 0 aromatic carbocycles. The van der Waals surface area contributed by atoms with Gasteiger partial charge in [0, 0.05) is 6.42 Å². The molecule has 0 spiro atoms. The maximum absolute atomic E-state index is 11.5. The Labute approximate surface area is 97.1 Å². The lowest BCUT2D eigenvalue weighted by molar-refractivity contribution is -0.120. The average molecular weight is 227 g/mol. The zero-order valence-electron chi connectivity index (χ0n) is 10.7. The minimum atomic E-state index is -0.574. The van der Waals surface area contributed by atoms with Crippen molar-refractivity contribution in [2.75, 3.05) is 0 Å². The molecule has 0 rings (SSSR count). The SMILES string of the molecule is C=C(C)CC(=O)[C@H](C)NC(=O)OC(C)(C)C. The first-order valence-corrected chi connectivity index (χ1v) is 5.28. The van der Waals surface area contributed by atoms with E-state index in [0.29, 0.717) is 0 Å². The van der Waals surface area contributed by atoms with Crippen molar-refractivity contribution >= 4 is 11.9 Å². The Bertz CT molecular complexity index is 289. The first kappa shape index (κ1) is 14.7. The van der Waals surface area contributed by atoms with Crippen LogP contribution in [0.2, 0.25) is 0 Å². The van der Waals surface area contributed by atoms with Gasteiger partial charge in [-0.1, -0.05) is 12.2 Å². The highest BCUT2D eigenvalue weighted by Crippen LogP contribution is 2.07. The molecule has 16 heavy (non-hydrogen) atoms. The molecular weight excluding hydrogens is 206 g/mol. The number of carbonyl (C=O) groups is 2. The molecule has 0 saturated heterocycles. The van der Waals surface area contributed by atoms with E-state index in [0.717, 1.165) is 5.57 Å². The summed E-state index contributed by atoms with van der Waals surface area (Å²) in [6, 6.07) is -0.549. The van der Waals surface area contributed by atoms with Crippen molar-refractivity contribution < 1.29 is 14.3 Å². The van der Waals surface area contributed by atoms with Gasteiger partial charge in [-0.05, 0) is 34.6 Å². The summed E-state index contributed by atoms with van der Waals surface area (Å²) in [7, 11) is 0. The smallest absolute Gasteiger partial charge is 0.408 e. The van der Waals surface area contributed by atoms with Gasteiger partial charge in [-0.25, -0.2) is 4.79 Å². The number of ketones is 1. The van der Waals surface area contributed by atoms with E-state index in [-0.39, 0.29) is 12.2 Å². The third-order valence-corrected chi connectivity index (χ3v) is 1.69. The van der Waals surface area contributed by atoms with E-state index in [1.54, 1.807) is 34.6 Å². The fourth-order valence-electron chi connectivity index (χ4n) is 1.02. The minimum Gasteiger partial charge on any atom is -0.444 e. The number of carbonyl (C=O) groups excluding carboxylic acids is 2. The average Bonchev–Trinajstić information content (AvgIpc) is 1.98. The number of allylic oxidation sites excluding steroid dienone is 1. The van der Waals surface area contributed by atoms with Crippen LogP contribution in [0, 0.1) is 0 Å². The van der Waals surface area contributed by atoms with Crippen molar-refractivity contribution in [3.63, 3.8) is 0 Å². The molecule has 0 aliphatic rings. The van der Waals surface area contributed by atoms with E-state index in [4.69, 9.17) is 4.74 Å². The molecule has 1 N–H and O–H groups in total. The molecule has 1 atom stereocenters. The summed E-state index contributed by atoms with van der Waals surface area (Å²) in [6.07, 6.45) is -0.299. The van der Waals surface area contributed by atoms with E-state index in [9.17, 15) is 9.59 Å². The van der Waals surface area contributed by atoms with Crippen LogP contribution in [0.5, 0.6) is 0 Å². The molecule has 0 heterocycles. The number of hydrogen-bond acceptors (Lipinski definition) is 3. The lowest BCUT2D eigenvalue weighted by atomic mass is 10.1. The summed E-state index contributed by atoms with van der Waals surface area (Å²) >= 11 is 0. The van der Waals surface area contributed by atoms with Gasteiger partial charge in [0.05, 0.1) is 6.04 Å². The van der Waals surface area contributed by atoms with E-state index >= 15 is 0 Å². The van der Waals surface area contributed by atoms with Crippen LogP contribution in [0.25, 0.3) is 0 Å². The van der Waals surface area contributed by atoms with Crippen LogP contribution in [-0.2, 0) is 9.53 Å². The normalized spacial score (nSPS) is 12.8. The predicted octanol–water partition coefficient (Wildman–Crippen LogP) is 2.43. The Balaban J connectivity index is 4.14. The number of ether oxygens (including phenoxy) is 1. The monoisotopic (exact) mass is 227 g/mol. The number of Topliss-reactive ketones (excluding diaryl/α,β-unsaturated/α-hetero) is 1. The van der Waals surface area contributed by atoms with Crippen molar-refractivity contribution in [1.82, 2.24) is 5.32 Å². The topological polar surface area (TPSA) is 55.4 Å². The lowest BCUT2D eigenvalue weighted by Crippen LogP contribution is -2.41. The van der Waals surface area contributed by atoms with Crippen LogP contribution in [0.4, 0.5) is 4.79 Å². The van der Waals surface area contributed by atoms with Crippen LogP contribution in [0.15, 0.2) is 12.2 Å². The zero-order valence-corrected chi connectivity index (χ0v) is 10.7. The molecule has 0 aromatic heterocycles. The summed E-state index contributed by atoms with van der Waals surface area (Å²) in [5, 5.41) is 2.49. The van der Waals surface area contributed by atoms with Crippen molar-refractivity contribution in [1.29, 1.82) is 0 Å². The Morgan fingerprint density at radius 1 is 1.38 bits per heavy atom. The number of amides is 1. The second-order valence-electron chi connectivity index (χ2n) is 4.97. The van der Waals surface area contributed by atoms with Gasteiger partial charge in [0.2, 0.25) is 0 Å². The van der Waals surface area contributed by atoms with Crippen LogP contribution in [-0.4, -0.2) is 23.5 Å². The van der Waals surface area contributed by atoms with Crippen molar-refractivity contribution in [3.05, 3.63) is 12.2 Å². The predicted molar refractivity (Wildman–Crippen MR) is 63.3 cm³/mol. The summed E-state index contributed by atoms with van der Waals surface area (Å²) in [6.45, 7) is 12.4. The fourth-order valence-corrected chi connectivity index (χ4v) is 1.02. The molecule has 1 amide bonds. The van der Waals surface area contributed by atoms with Crippen LogP contribution >= 0.6 is 0 Å². The molecule has 4 heteroatoms. The Morgan fingerprint density at radius 3 is 2.25 bits per heavy atom.